The lowest BCUT2D eigenvalue weighted by molar-refractivity contribution is -0.143. The summed E-state index contributed by atoms with van der Waals surface area (Å²) >= 11 is 0.927. The van der Waals surface area contributed by atoms with Gasteiger partial charge in [-0.1, -0.05) is 18.2 Å². The van der Waals surface area contributed by atoms with Gasteiger partial charge in [-0.15, -0.1) is 11.8 Å². The summed E-state index contributed by atoms with van der Waals surface area (Å²) < 4.78 is 0. The first kappa shape index (κ1) is 16.2. The van der Waals surface area contributed by atoms with Crippen LogP contribution in [0.25, 0.3) is 0 Å². The molecule has 1 aromatic carbocycles. The van der Waals surface area contributed by atoms with E-state index in [9.17, 15) is 24.6 Å². The largest absolute Gasteiger partial charge is 0.480 e. The van der Waals surface area contributed by atoms with Crippen molar-refractivity contribution >= 4 is 35.4 Å². The highest BCUT2D eigenvalue weighted by molar-refractivity contribution is 8.00. The van der Waals surface area contributed by atoms with Crippen LogP contribution in [0.15, 0.2) is 18.2 Å². The zero-order chi connectivity index (χ0) is 16.4. The fraction of sp³-hybridized carbons (Fsp3) is 0.357. The number of hydrogen-bond donors (Lipinski definition) is 3. The molecule has 7 nitrogen and oxygen atoms in total. The molecule has 0 spiro atoms. The molecule has 1 aliphatic heterocycles. The molecule has 1 fully saturated rings. The number of anilines is 1. The minimum absolute atomic E-state index is 0.0481. The molecule has 0 aliphatic carbocycles. The van der Waals surface area contributed by atoms with E-state index in [0.29, 0.717) is 5.69 Å². The molecule has 8 heteroatoms. The number of amides is 2. The first-order valence-corrected chi connectivity index (χ1v) is 7.60. The summed E-state index contributed by atoms with van der Waals surface area (Å²) in [7, 11) is 0. The van der Waals surface area contributed by atoms with E-state index in [1.165, 1.54) is 0 Å². The molecule has 22 heavy (non-hydrogen) atoms. The molecule has 2 amide bonds. The van der Waals surface area contributed by atoms with Gasteiger partial charge < -0.3 is 15.5 Å². The Morgan fingerprint density at radius 1 is 1.18 bits per heavy atom. The van der Waals surface area contributed by atoms with Gasteiger partial charge in [0.05, 0.1) is 0 Å². The molecule has 1 aliphatic rings. The summed E-state index contributed by atoms with van der Waals surface area (Å²) in [5, 5.41) is 19.8. The monoisotopic (exact) mass is 324 g/mol. The number of nitrogens with zero attached hydrogens (tertiary/aromatic N) is 1. The summed E-state index contributed by atoms with van der Waals surface area (Å²) in [6.45, 7) is 3.62. The highest BCUT2D eigenvalue weighted by Gasteiger charge is 2.45. The minimum atomic E-state index is -1.23. The number of rotatable bonds is 3. The van der Waals surface area contributed by atoms with Crippen molar-refractivity contribution in [1.82, 2.24) is 4.90 Å². The van der Waals surface area contributed by atoms with Crippen LogP contribution in [0.1, 0.15) is 11.1 Å². The molecule has 1 saturated heterocycles. The van der Waals surface area contributed by atoms with Crippen molar-refractivity contribution < 1.29 is 24.6 Å². The predicted octanol–water partition coefficient (Wildman–Crippen LogP) is 1.75. The number of nitrogens with one attached hydrogen (secondary N) is 1. The number of carbonyl (C=O) groups is 3. The van der Waals surface area contributed by atoms with Crippen LogP contribution in [-0.2, 0) is 9.59 Å². The van der Waals surface area contributed by atoms with E-state index in [4.69, 9.17) is 0 Å². The van der Waals surface area contributed by atoms with Crippen molar-refractivity contribution in [2.45, 2.75) is 25.3 Å². The molecule has 0 unspecified atom stereocenters. The van der Waals surface area contributed by atoms with Crippen LogP contribution in [0.5, 0.6) is 0 Å². The Hall–Kier alpha value is -2.22. The SMILES string of the molecule is Cc1cccc(C)c1NC(=O)N1[C@@H](C(=O)O)SC[C@H]1C(=O)O. The van der Waals surface area contributed by atoms with Crippen molar-refractivity contribution in [1.29, 1.82) is 0 Å². The third-order valence-electron chi connectivity index (χ3n) is 3.44. The van der Waals surface area contributed by atoms with E-state index in [2.05, 4.69) is 5.32 Å². The van der Waals surface area contributed by atoms with Crippen LogP contribution in [-0.4, -0.2) is 50.3 Å². The van der Waals surface area contributed by atoms with Crippen molar-refractivity contribution in [3.05, 3.63) is 29.3 Å². The standard InChI is InChI=1S/C14H16N2O5S/c1-7-4-3-5-8(2)10(7)15-14(21)16-9(12(17)18)6-22-11(16)13(19)20/h3-5,9,11H,6H2,1-2H3,(H,15,21)(H,17,18)(H,19,20)/t9-,11+/m0/s1. The summed E-state index contributed by atoms with van der Waals surface area (Å²) in [5.74, 6) is -2.40. The van der Waals surface area contributed by atoms with E-state index in [0.717, 1.165) is 27.8 Å². The van der Waals surface area contributed by atoms with Crippen molar-refractivity contribution in [2.75, 3.05) is 11.1 Å². The Morgan fingerprint density at radius 3 is 2.27 bits per heavy atom. The molecule has 0 saturated carbocycles. The van der Waals surface area contributed by atoms with Crippen LogP contribution in [0.3, 0.4) is 0 Å². The topological polar surface area (TPSA) is 107 Å². The third-order valence-corrected chi connectivity index (χ3v) is 4.70. The molecule has 3 N–H and O–H groups in total. The van der Waals surface area contributed by atoms with Crippen LogP contribution < -0.4 is 5.32 Å². The second-order valence-corrected chi connectivity index (χ2v) is 6.10. The van der Waals surface area contributed by atoms with Crippen LogP contribution in [0.4, 0.5) is 10.5 Å². The molecule has 1 heterocycles. The molecule has 2 rings (SSSR count). The maximum atomic E-state index is 12.4. The number of carboxylic acid groups (broad SMARTS) is 2. The molecule has 0 bridgehead atoms. The molecule has 1 aromatic rings. The van der Waals surface area contributed by atoms with Gasteiger partial charge in [0.2, 0.25) is 0 Å². The minimum Gasteiger partial charge on any atom is -0.480 e. The van der Waals surface area contributed by atoms with Crippen molar-refractivity contribution in [3.8, 4) is 0 Å². The molecule has 118 valence electrons. The summed E-state index contributed by atoms with van der Waals surface area (Å²) in [5.41, 5.74) is 2.20. The Morgan fingerprint density at radius 2 is 1.77 bits per heavy atom. The lowest BCUT2D eigenvalue weighted by atomic mass is 10.1. The zero-order valence-electron chi connectivity index (χ0n) is 12.1. The van der Waals surface area contributed by atoms with E-state index in [1.54, 1.807) is 0 Å². The number of benzene rings is 1. The summed E-state index contributed by atoms with van der Waals surface area (Å²) in [6, 6.07) is 3.58. The van der Waals surface area contributed by atoms with Gasteiger partial charge in [0, 0.05) is 11.4 Å². The smallest absolute Gasteiger partial charge is 0.337 e. The van der Waals surface area contributed by atoms with Gasteiger partial charge in [0.1, 0.15) is 6.04 Å². The number of aryl methyl sites for hydroxylation is 2. The second kappa shape index (κ2) is 6.27. The Bertz CT molecular complexity index is 591. The third kappa shape index (κ3) is 3.01. The van der Waals surface area contributed by atoms with Crippen molar-refractivity contribution in [3.63, 3.8) is 0 Å². The summed E-state index contributed by atoms with van der Waals surface area (Å²) in [4.78, 5) is 35.8. The fourth-order valence-corrected chi connectivity index (χ4v) is 3.53. The van der Waals surface area contributed by atoms with Gasteiger partial charge in [0.25, 0.3) is 0 Å². The number of carboxylic acids is 2. The van der Waals surface area contributed by atoms with Crippen LogP contribution in [0, 0.1) is 13.8 Å². The maximum absolute atomic E-state index is 12.4. The van der Waals surface area contributed by atoms with E-state index >= 15 is 0 Å². The van der Waals surface area contributed by atoms with Crippen LogP contribution >= 0.6 is 11.8 Å². The summed E-state index contributed by atoms with van der Waals surface area (Å²) in [6.07, 6.45) is 0. The second-order valence-electron chi connectivity index (χ2n) is 4.98. The van der Waals surface area contributed by atoms with E-state index < -0.39 is 29.4 Å². The lowest BCUT2D eigenvalue weighted by Crippen LogP contribution is -2.50. The number of para-hydroxylation sites is 1. The quantitative estimate of drug-likeness (QED) is 0.782. The van der Waals surface area contributed by atoms with Crippen molar-refractivity contribution in [2.24, 2.45) is 0 Å². The van der Waals surface area contributed by atoms with E-state index in [-0.39, 0.29) is 5.75 Å². The highest BCUT2D eigenvalue weighted by Crippen LogP contribution is 2.31. The normalized spacial score (nSPS) is 20.7. The van der Waals surface area contributed by atoms with Gasteiger partial charge in [-0.3, -0.25) is 4.90 Å². The Balaban J connectivity index is 2.28. The zero-order valence-corrected chi connectivity index (χ0v) is 12.9. The molecule has 0 radical (unpaired) electrons. The molecule has 2 atom stereocenters. The maximum Gasteiger partial charge on any atom is 0.337 e. The van der Waals surface area contributed by atoms with Gasteiger partial charge in [-0.25, -0.2) is 14.4 Å². The first-order valence-electron chi connectivity index (χ1n) is 6.55. The molecular formula is C14H16N2O5S. The van der Waals surface area contributed by atoms with Gasteiger partial charge in [-0.2, -0.15) is 0 Å². The predicted molar refractivity (Wildman–Crippen MR) is 82.1 cm³/mol. The number of urea groups is 1. The lowest BCUT2D eigenvalue weighted by Gasteiger charge is -2.25. The number of hydrogen-bond acceptors (Lipinski definition) is 4. The molecule has 0 aromatic heterocycles. The average molecular weight is 324 g/mol. The Labute approximate surface area is 131 Å². The number of thioether (sulfide) groups is 1. The average Bonchev–Trinajstić information content (AvgIpc) is 2.88. The van der Waals surface area contributed by atoms with Crippen LogP contribution in [0.2, 0.25) is 0 Å². The number of carbonyl (C=O) groups excluding carboxylic acids is 1. The highest BCUT2D eigenvalue weighted by atomic mass is 32.2. The molecular weight excluding hydrogens is 308 g/mol. The Kier molecular flexibility index (Phi) is 4.60. The fourth-order valence-electron chi connectivity index (χ4n) is 2.32. The van der Waals surface area contributed by atoms with Gasteiger partial charge in [0.15, 0.2) is 5.37 Å². The first-order chi connectivity index (χ1) is 10.3. The van der Waals surface area contributed by atoms with Gasteiger partial charge >= 0.3 is 18.0 Å². The van der Waals surface area contributed by atoms with Gasteiger partial charge in [-0.05, 0) is 25.0 Å². The number of aliphatic carboxylic acids is 2. The van der Waals surface area contributed by atoms with E-state index in [1.807, 2.05) is 32.0 Å².